The fourth-order valence-corrected chi connectivity index (χ4v) is 1.51. The van der Waals surface area contributed by atoms with Gasteiger partial charge in [0.15, 0.2) is 0 Å². The third kappa shape index (κ3) is 2.44. The predicted molar refractivity (Wildman–Crippen MR) is 55.4 cm³/mol. The summed E-state index contributed by atoms with van der Waals surface area (Å²) in [7, 11) is 0. The first-order chi connectivity index (χ1) is 7.25. The standard InChI is InChI=1S/C12H12O3/c13-10-6-7-11(8-10)15-12(14)9-4-2-1-3-5-9/h1-7,10-11,13H,8H2/t10-,11+/m0/s1. The molecule has 78 valence electrons. The van der Waals surface area contributed by atoms with Crippen LogP contribution >= 0.6 is 0 Å². The number of hydrogen-bond acceptors (Lipinski definition) is 3. The normalized spacial score (nSPS) is 24.1. The second kappa shape index (κ2) is 4.28. The lowest BCUT2D eigenvalue weighted by molar-refractivity contribution is 0.0348. The van der Waals surface area contributed by atoms with Gasteiger partial charge in [-0.2, -0.15) is 0 Å². The Morgan fingerprint density at radius 1 is 1.27 bits per heavy atom. The molecule has 0 heterocycles. The molecule has 0 radical (unpaired) electrons. The molecule has 0 amide bonds. The smallest absolute Gasteiger partial charge is 0.338 e. The van der Waals surface area contributed by atoms with E-state index in [1.54, 1.807) is 36.4 Å². The summed E-state index contributed by atoms with van der Waals surface area (Å²) in [5.74, 6) is -0.348. The summed E-state index contributed by atoms with van der Waals surface area (Å²) >= 11 is 0. The molecule has 1 aliphatic carbocycles. The van der Waals surface area contributed by atoms with Crippen molar-refractivity contribution in [1.29, 1.82) is 0 Å². The maximum absolute atomic E-state index is 11.6. The highest BCUT2D eigenvalue weighted by molar-refractivity contribution is 5.89. The average Bonchev–Trinajstić information content (AvgIpc) is 2.65. The van der Waals surface area contributed by atoms with Gasteiger partial charge in [-0.1, -0.05) is 24.3 Å². The number of aliphatic hydroxyl groups excluding tert-OH is 1. The van der Waals surface area contributed by atoms with E-state index in [1.165, 1.54) is 0 Å². The second-order valence-electron chi connectivity index (χ2n) is 3.50. The van der Waals surface area contributed by atoms with E-state index >= 15 is 0 Å². The summed E-state index contributed by atoms with van der Waals surface area (Å²) in [4.78, 5) is 11.6. The highest BCUT2D eigenvalue weighted by Gasteiger charge is 2.20. The van der Waals surface area contributed by atoms with Crippen molar-refractivity contribution in [3.05, 3.63) is 48.0 Å². The monoisotopic (exact) mass is 204 g/mol. The Labute approximate surface area is 88.0 Å². The van der Waals surface area contributed by atoms with E-state index < -0.39 is 6.10 Å². The highest BCUT2D eigenvalue weighted by atomic mass is 16.5. The Kier molecular flexibility index (Phi) is 2.83. The van der Waals surface area contributed by atoms with E-state index in [4.69, 9.17) is 4.74 Å². The van der Waals surface area contributed by atoms with Gasteiger partial charge in [0.2, 0.25) is 0 Å². The van der Waals surface area contributed by atoms with E-state index in [0.29, 0.717) is 12.0 Å². The first-order valence-electron chi connectivity index (χ1n) is 4.88. The largest absolute Gasteiger partial charge is 0.454 e. The van der Waals surface area contributed by atoms with Gasteiger partial charge in [-0.15, -0.1) is 0 Å². The predicted octanol–water partition coefficient (Wildman–Crippen LogP) is 1.53. The minimum Gasteiger partial charge on any atom is -0.454 e. The summed E-state index contributed by atoms with van der Waals surface area (Å²) in [6, 6.07) is 8.83. The lowest BCUT2D eigenvalue weighted by Crippen LogP contribution is -2.16. The zero-order chi connectivity index (χ0) is 10.7. The van der Waals surface area contributed by atoms with Crippen LogP contribution in [0.25, 0.3) is 0 Å². The molecule has 3 heteroatoms. The van der Waals surface area contributed by atoms with Gasteiger partial charge in [-0.3, -0.25) is 0 Å². The average molecular weight is 204 g/mol. The van der Waals surface area contributed by atoms with E-state index in [1.807, 2.05) is 6.07 Å². The molecule has 0 aromatic heterocycles. The molecular weight excluding hydrogens is 192 g/mol. The summed E-state index contributed by atoms with van der Waals surface area (Å²) in [6.45, 7) is 0. The van der Waals surface area contributed by atoms with Crippen LogP contribution in [0.15, 0.2) is 42.5 Å². The van der Waals surface area contributed by atoms with Crippen LogP contribution in [0.3, 0.4) is 0 Å². The van der Waals surface area contributed by atoms with Gasteiger partial charge in [0.1, 0.15) is 6.10 Å². The molecule has 1 aromatic carbocycles. The first-order valence-corrected chi connectivity index (χ1v) is 4.88. The molecule has 15 heavy (non-hydrogen) atoms. The van der Waals surface area contributed by atoms with Crippen LogP contribution in [0.5, 0.6) is 0 Å². The Morgan fingerprint density at radius 2 is 2.00 bits per heavy atom. The summed E-state index contributed by atoms with van der Waals surface area (Å²) in [5, 5.41) is 9.20. The zero-order valence-electron chi connectivity index (χ0n) is 8.17. The van der Waals surface area contributed by atoms with Crippen molar-refractivity contribution in [3.8, 4) is 0 Å². The fourth-order valence-electron chi connectivity index (χ4n) is 1.51. The van der Waals surface area contributed by atoms with Gasteiger partial charge in [0, 0.05) is 6.42 Å². The van der Waals surface area contributed by atoms with Crippen molar-refractivity contribution >= 4 is 5.97 Å². The minimum atomic E-state index is -0.487. The molecule has 3 nitrogen and oxygen atoms in total. The molecule has 0 saturated heterocycles. The molecule has 0 unspecified atom stereocenters. The number of rotatable bonds is 2. The topological polar surface area (TPSA) is 46.5 Å². The second-order valence-corrected chi connectivity index (χ2v) is 3.50. The number of ether oxygens (including phenoxy) is 1. The molecule has 0 bridgehead atoms. The van der Waals surface area contributed by atoms with Gasteiger partial charge >= 0.3 is 5.97 Å². The van der Waals surface area contributed by atoms with Gasteiger partial charge in [0.05, 0.1) is 11.7 Å². The van der Waals surface area contributed by atoms with Crippen molar-refractivity contribution in [1.82, 2.24) is 0 Å². The molecule has 0 saturated carbocycles. The lowest BCUT2D eigenvalue weighted by atomic mass is 10.2. The molecule has 2 atom stereocenters. The van der Waals surface area contributed by atoms with Crippen LogP contribution in [0.1, 0.15) is 16.8 Å². The molecule has 2 rings (SSSR count). The van der Waals surface area contributed by atoms with Crippen molar-refractivity contribution < 1.29 is 14.6 Å². The fraction of sp³-hybridized carbons (Fsp3) is 0.250. The minimum absolute atomic E-state index is 0.298. The van der Waals surface area contributed by atoms with Gasteiger partial charge < -0.3 is 9.84 Å². The Bertz CT molecular complexity index is 370. The van der Waals surface area contributed by atoms with Crippen LogP contribution in [0.2, 0.25) is 0 Å². The van der Waals surface area contributed by atoms with Crippen LogP contribution in [-0.2, 0) is 4.74 Å². The van der Waals surface area contributed by atoms with Crippen LogP contribution < -0.4 is 0 Å². The number of esters is 1. The van der Waals surface area contributed by atoms with Gasteiger partial charge in [-0.05, 0) is 18.2 Å². The highest BCUT2D eigenvalue weighted by Crippen LogP contribution is 2.15. The number of aliphatic hydroxyl groups is 1. The third-order valence-electron chi connectivity index (χ3n) is 2.29. The van der Waals surface area contributed by atoms with Crippen LogP contribution in [0, 0.1) is 0 Å². The van der Waals surface area contributed by atoms with Gasteiger partial charge in [-0.25, -0.2) is 4.79 Å². The van der Waals surface area contributed by atoms with Crippen molar-refractivity contribution in [2.45, 2.75) is 18.6 Å². The molecule has 1 N–H and O–H groups in total. The van der Waals surface area contributed by atoms with E-state index in [2.05, 4.69) is 0 Å². The van der Waals surface area contributed by atoms with Crippen molar-refractivity contribution in [2.75, 3.05) is 0 Å². The molecule has 0 spiro atoms. The maximum Gasteiger partial charge on any atom is 0.338 e. The van der Waals surface area contributed by atoms with E-state index in [0.717, 1.165) is 0 Å². The van der Waals surface area contributed by atoms with Crippen LogP contribution in [0.4, 0.5) is 0 Å². The van der Waals surface area contributed by atoms with Crippen LogP contribution in [-0.4, -0.2) is 23.3 Å². The number of carbonyl (C=O) groups is 1. The van der Waals surface area contributed by atoms with Crippen molar-refractivity contribution in [2.24, 2.45) is 0 Å². The molecule has 0 aliphatic heterocycles. The first kappa shape index (κ1) is 9.93. The van der Waals surface area contributed by atoms with Gasteiger partial charge in [0.25, 0.3) is 0 Å². The number of hydrogen-bond donors (Lipinski definition) is 1. The Hall–Kier alpha value is -1.61. The molecule has 1 aliphatic rings. The number of benzene rings is 1. The molecule has 1 aromatic rings. The summed E-state index contributed by atoms with van der Waals surface area (Å²) < 4.78 is 5.18. The van der Waals surface area contributed by atoms with E-state index in [-0.39, 0.29) is 12.1 Å². The molecule has 0 fully saturated rings. The molecular formula is C12H12O3. The maximum atomic E-state index is 11.6. The van der Waals surface area contributed by atoms with Crippen molar-refractivity contribution in [3.63, 3.8) is 0 Å². The Balaban J connectivity index is 1.96. The third-order valence-corrected chi connectivity index (χ3v) is 2.29. The quantitative estimate of drug-likeness (QED) is 0.587. The summed E-state index contributed by atoms with van der Waals surface area (Å²) in [5.41, 5.74) is 0.535. The summed E-state index contributed by atoms with van der Waals surface area (Å²) in [6.07, 6.45) is 3.03. The Morgan fingerprint density at radius 3 is 2.60 bits per heavy atom. The van der Waals surface area contributed by atoms with E-state index in [9.17, 15) is 9.90 Å². The lowest BCUT2D eigenvalue weighted by Gasteiger charge is -2.10. The SMILES string of the molecule is O=C(O[C@@H]1C=C[C@H](O)C1)c1ccccc1. The zero-order valence-corrected chi connectivity index (χ0v) is 8.17. The number of carbonyl (C=O) groups excluding carboxylic acids is 1.